The topological polar surface area (TPSA) is 63.4 Å². The molecule has 0 amide bonds. The molecule has 0 spiro atoms. The number of hydrogen-bond donors (Lipinski definition) is 2. The Bertz CT molecular complexity index is 885. The summed E-state index contributed by atoms with van der Waals surface area (Å²) in [5.41, 5.74) is 2.54. The molecule has 0 aliphatic heterocycles. The van der Waals surface area contributed by atoms with Gasteiger partial charge in [-0.25, -0.2) is 0 Å². The van der Waals surface area contributed by atoms with Gasteiger partial charge in [0.1, 0.15) is 11.5 Å². The predicted octanol–water partition coefficient (Wildman–Crippen LogP) is 2.84. The highest BCUT2D eigenvalue weighted by Gasteiger charge is 2.04. The Labute approximate surface area is 140 Å². The maximum absolute atomic E-state index is 12.2. The van der Waals surface area contributed by atoms with Crippen molar-refractivity contribution in [2.75, 3.05) is 14.2 Å². The summed E-state index contributed by atoms with van der Waals surface area (Å²) in [5.74, 6) is 1.56. The quantitative estimate of drug-likeness (QED) is 0.732. The normalized spacial score (nSPS) is 10.8. The molecule has 0 saturated heterocycles. The van der Waals surface area contributed by atoms with Crippen LogP contribution in [0.2, 0.25) is 0 Å². The lowest BCUT2D eigenvalue weighted by atomic mass is 10.1. The minimum atomic E-state index is -0.0852. The number of nitrogens with one attached hydrogen (secondary N) is 2. The zero-order valence-electron chi connectivity index (χ0n) is 13.8. The molecular weight excluding hydrogens is 304 g/mol. The molecule has 3 rings (SSSR count). The van der Waals surface area contributed by atoms with E-state index in [9.17, 15) is 4.79 Å². The summed E-state index contributed by atoms with van der Waals surface area (Å²) in [5, 5.41) is 4.28. The summed E-state index contributed by atoms with van der Waals surface area (Å²) in [4.78, 5) is 15.1. The van der Waals surface area contributed by atoms with Crippen LogP contribution in [0.15, 0.2) is 53.3 Å². The first-order valence-electron chi connectivity index (χ1n) is 7.73. The van der Waals surface area contributed by atoms with Crippen molar-refractivity contribution in [2.24, 2.45) is 0 Å². The van der Waals surface area contributed by atoms with Gasteiger partial charge in [0.15, 0.2) is 0 Å². The van der Waals surface area contributed by atoms with E-state index in [-0.39, 0.29) is 5.56 Å². The fourth-order valence-corrected chi connectivity index (χ4v) is 2.57. The molecule has 0 bridgehead atoms. The number of rotatable bonds is 6. The molecule has 0 aliphatic carbocycles. The van der Waals surface area contributed by atoms with E-state index in [4.69, 9.17) is 9.47 Å². The Morgan fingerprint density at radius 3 is 2.33 bits per heavy atom. The minimum absolute atomic E-state index is 0.0852. The second-order valence-electron chi connectivity index (χ2n) is 5.53. The summed E-state index contributed by atoms with van der Waals surface area (Å²) in [6, 6.07) is 15.4. The van der Waals surface area contributed by atoms with E-state index in [1.54, 1.807) is 14.2 Å². The summed E-state index contributed by atoms with van der Waals surface area (Å²) >= 11 is 0. The number of fused-ring (bicyclic) bond motifs is 1. The number of methoxy groups -OCH3 is 2. The molecule has 24 heavy (non-hydrogen) atoms. The molecule has 1 aromatic heterocycles. The first kappa shape index (κ1) is 16.1. The van der Waals surface area contributed by atoms with E-state index in [0.29, 0.717) is 18.7 Å². The molecule has 0 saturated carbocycles. The van der Waals surface area contributed by atoms with Crippen LogP contribution in [0.25, 0.3) is 10.9 Å². The number of hydrogen-bond acceptors (Lipinski definition) is 4. The van der Waals surface area contributed by atoms with Crippen molar-refractivity contribution in [3.8, 4) is 11.5 Å². The van der Waals surface area contributed by atoms with Crippen LogP contribution < -0.4 is 20.3 Å². The van der Waals surface area contributed by atoms with Gasteiger partial charge in [-0.05, 0) is 41.3 Å². The summed E-state index contributed by atoms with van der Waals surface area (Å²) in [6.07, 6.45) is 0. The van der Waals surface area contributed by atoms with Crippen molar-refractivity contribution in [1.29, 1.82) is 0 Å². The van der Waals surface area contributed by atoms with E-state index in [1.807, 2.05) is 48.5 Å². The third-order valence-corrected chi connectivity index (χ3v) is 3.93. The van der Waals surface area contributed by atoms with Crippen LogP contribution in [-0.2, 0) is 13.1 Å². The van der Waals surface area contributed by atoms with Crippen molar-refractivity contribution in [3.05, 3.63) is 70.0 Å². The van der Waals surface area contributed by atoms with Crippen LogP contribution in [-0.4, -0.2) is 19.2 Å². The van der Waals surface area contributed by atoms with Crippen LogP contribution in [0.4, 0.5) is 0 Å². The maximum atomic E-state index is 12.2. The largest absolute Gasteiger partial charge is 0.497 e. The second kappa shape index (κ2) is 7.19. The molecule has 1 heterocycles. The highest BCUT2D eigenvalue weighted by molar-refractivity contribution is 5.80. The number of benzene rings is 2. The van der Waals surface area contributed by atoms with Crippen molar-refractivity contribution in [3.63, 3.8) is 0 Å². The van der Waals surface area contributed by atoms with Gasteiger partial charge in [0.2, 0.25) is 0 Å². The molecule has 2 aromatic carbocycles. The molecule has 0 radical (unpaired) electrons. The maximum Gasteiger partial charge on any atom is 0.252 e. The van der Waals surface area contributed by atoms with E-state index in [1.165, 1.54) is 0 Å². The molecule has 3 aromatic rings. The Balaban J connectivity index is 1.70. The SMILES string of the molecule is COc1ccc(CNCc2cc3ccc(OC)cc3[nH]c2=O)cc1. The summed E-state index contributed by atoms with van der Waals surface area (Å²) in [6.45, 7) is 1.19. The number of aromatic nitrogens is 1. The number of H-pyrrole nitrogens is 1. The molecular formula is C19H20N2O3. The molecule has 0 unspecified atom stereocenters. The number of ether oxygens (including phenoxy) is 2. The summed E-state index contributed by atoms with van der Waals surface area (Å²) in [7, 11) is 3.26. The van der Waals surface area contributed by atoms with Crippen LogP contribution in [0.5, 0.6) is 11.5 Å². The Hall–Kier alpha value is -2.79. The van der Waals surface area contributed by atoms with Gasteiger partial charge in [-0.1, -0.05) is 12.1 Å². The Morgan fingerprint density at radius 2 is 1.62 bits per heavy atom. The van der Waals surface area contributed by atoms with E-state index >= 15 is 0 Å². The van der Waals surface area contributed by atoms with Gasteiger partial charge in [0, 0.05) is 24.7 Å². The highest BCUT2D eigenvalue weighted by atomic mass is 16.5. The average Bonchev–Trinajstić information content (AvgIpc) is 2.62. The van der Waals surface area contributed by atoms with E-state index in [2.05, 4.69) is 10.3 Å². The Morgan fingerprint density at radius 1 is 0.917 bits per heavy atom. The summed E-state index contributed by atoms with van der Waals surface area (Å²) < 4.78 is 10.3. The van der Waals surface area contributed by atoms with E-state index in [0.717, 1.165) is 28.0 Å². The van der Waals surface area contributed by atoms with Crippen LogP contribution in [0.1, 0.15) is 11.1 Å². The van der Waals surface area contributed by atoms with Gasteiger partial charge in [-0.15, -0.1) is 0 Å². The lowest BCUT2D eigenvalue weighted by Crippen LogP contribution is -2.20. The van der Waals surface area contributed by atoms with E-state index < -0.39 is 0 Å². The minimum Gasteiger partial charge on any atom is -0.497 e. The molecule has 2 N–H and O–H groups in total. The second-order valence-corrected chi connectivity index (χ2v) is 5.53. The van der Waals surface area contributed by atoms with Crippen molar-refractivity contribution >= 4 is 10.9 Å². The third-order valence-electron chi connectivity index (χ3n) is 3.93. The average molecular weight is 324 g/mol. The Kier molecular flexibility index (Phi) is 4.82. The lowest BCUT2D eigenvalue weighted by Gasteiger charge is -2.08. The van der Waals surface area contributed by atoms with Gasteiger partial charge >= 0.3 is 0 Å². The van der Waals surface area contributed by atoms with Crippen LogP contribution >= 0.6 is 0 Å². The monoisotopic (exact) mass is 324 g/mol. The smallest absolute Gasteiger partial charge is 0.252 e. The van der Waals surface area contributed by atoms with Crippen molar-refractivity contribution < 1.29 is 9.47 Å². The third kappa shape index (κ3) is 3.58. The molecule has 0 aliphatic rings. The zero-order chi connectivity index (χ0) is 16.9. The molecule has 0 fully saturated rings. The predicted molar refractivity (Wildman–Crippen MR) is 94.7 cm³/mol. The van der Waals surface area contributed by atoms with Gasteiger partial charge in [-0.2, -0.15) is 0 Å². The van der Waals surface area contributed by atoms with Gasteiger partial charge in [0.25, 0.3) is 5.56 Å². The standard InChI is InChI=1S/C19H20N2O3/c1-23-16-6-3-13(4-7-16)11-20-12-15-9-14-5-8-17(24-2)10-18(14)21-19(15)22/h3-10,20H,11-12H2,1-2H3,(H,21,22). The zero-order valence-corrected chi connectivity index (χ0v) is 13.8. The number of aromatic amines is 1. The molecule has 124 valence electrons. The van der Waals surface area contributed by atoms with Gasteiger partial charge in [-0.3, -0.25) is 4.79 Å². The highest BCUT2D eigenvalue weighted by Crippen LogP contribution is 2.18. The molecule has 5 heteroatoms. The van der Waals surface area contributed by atoms with Gasteiger partial charge < -0.3 is 19.8 Å². The number of pyridine rings is 1. The van der Waals surface area contributed by atoms with Crippen LogP contribution in [0, 0.1) is 0 Å². The molecule has 5 nitrogen and oxygen atoms in total. The fraction of sp³-hybridized carbons (Fsp3) is 0.211. The van der Waals surface area contributed by atoms with Crippen molar-refractivity contribution in [1.82, 2.24) is 10.3 Å². The first-order valence-corrected chi connectivity index (χ1v) is 7.73. The van der Waals surface area contributed by atoms with Gasteiger partial charge in [0.05, 0.1) is 19.7 Å². The van der Waals surface area contributed by atoms with Crippen LogP contribution in [0.3, 0.4) is 0 Å². The van der Waals surface area contributed by atoms with Crippen molar-refractivity contribution in [2.45, 2.75) is 13.1 Å². The fourth-order valence-electron chi connectivity index (χ4n) is 2.57. The lowest BCUT2D eigenvalue weighted by molar-refractivity contribution is 0.414. The molecule has 0 atom stereocenters. The first-order chi connectivity index (χ1) is 11.7.